The second kappa shape index (κ2) is 5.53. The summed E-state index contributed by atoms with van der Waals surface area (Å²) in [5.74, 6) is 0. The predicted molar refractivity (Wildman–Crippen MR) is 87.8 cm³/mol. The van der Waals surface area contributed by atoms with Crippen LogP contribution in [0.2, 0.25) is 0 Å². The minimum atomic E-state index is 1.07. The summed E-state index contributed by atoms with van der Waals surface area (Å²) in [5, 5.41) is 3.49. The van der Waals surface area contributed by atoms with Crippen molar-refractivity contribution in [1.29, 1.82) is 0 Å². The van der Waals surface area contributed by atoms with Crippen molar-refractivity contribution in [2.24, 2.45) is 0 Å². The Morgan fingerprint density at radius 2 is 1.62 bits per heavy atom. The summed E-state index contributed by atoms with van der Waals surface area (Å²) in [4.78, 5) is 2.59. The Morgan fingerprint density at radius 1 is 0.857 bits per heavy atom. The molecule has 2 aliphatic rings. The molecule has 2 aliphatic heterocycles. The van der Waals surface area contributed by atoms with Gasteiger partial charge in [0.2, 0.25) is 0 Å². The van der Waals surface area contributed by atoms with Gasteiger partial charge in [0.05, 0.1) is 0 Å². The van der Waals surface area contributed by atoms with E-state index >= 15 is 0 Å². The molecule has 0 atom stereocenters. The normalized spacial score (nSPS) is 17.7. The highest BCUT2D eigenvalue weighted by molar-refractivity contribution is 5.57. The van der Waals surface area contributed by atoms with Crippen LogP contribution in [0.1, 0.15) is 22.3 Å². The van der Waals surface area contributed by atoms with Crippen molar-refractivity contribution in [3.8, 4) is 0 Å². The van der Waals surface area contributed by atoms with Crippen LogP contribution in [-0.4, -0.2) is 24.5 Å². The Labute approximate surface area is 126 Å². The van der Waals surface area contributed by atoms with Gasteiger partial charge in [-0.15, -0.1) is 0 Å². The first-order chi connectivity index (χ1) is 10.4. The fourth-order valence-electron chi connectivity index (χ4n) is 3.57. The zero-order valence-corrected chi connectivity index (χ0v) is 12.4. The number of rotatable bonds is 2. The van der Waals surface area contributed by atoms with Gasteiger partial charge in [0.1, 0.15) is 0 Å². The maximum atomic E-state index is 3.49. The molecule has 0 bridgehead atoms. The lowest BCUT2D eigenvalue weighted by Crippen LogP contribution is -2.25. The molecule has 2 heterocycles. The van der Waals surface area contributed by atoms with Gasteiger partial charge in [-0.25, -0.2) is 0 Å². The fraction of sp³-hybridized carbons (Fsp3) is 0.368. The topological polar surface area (TPSA) is 15.3 Å². The van der Waals surface area contributed by atoms with Gasteiger partial charge in [-0.05, 0) is 47.6 Å². The van der Waals surface area contributed by atoms with E-state index in [1.54, 1.807) is 0 Å². The molecule has 0 spiro atoms. The van der Waals surface area contributed by atoms with Crippen LogP contribution >= 0.6 is 0 Å². The standard InChI is InChI=1S/C19H22N2/c1-2-4-17-9-12-21(11-8-16(17)3-1)14-15-5-6-18-7-10-20-19(18)13-15/h1-6,13,20H,7-12,14H2. The van der Waals surface area contributed by atoms with Crippen molar-refractivity contribution >= 4 is 5.69 Å². The van der Waals surface area contributed by atoms with E-state index in [2.05, 4.69) is 52.7 Å². The lowest BCUT2D eigenvalue weighted by atomic mass is 10.0. The highest BCUT2D eigenvalue weighted by Crippen LogP contribution is 2.24. The Kier molecular flexibility index (Phi) is 3.40. The van der Waals surface area contributed by atoms with Crippen LogP contribution in [0.3, 0.4) is 0 Å². The molecule has 0 fully saturated rings. The van der Waals surface area contributed by atoms with E-state index in [9.17, 15) is 0 Å². The van der Waals surface area contributed by atoms with Crippen LogP contribution in [0.25, 0.3) is 0 Å². The summed E-state index contributed by atoms with van der Waals surface area (Å²) < 4.78 is 0. The molecule has 0 aromatic heterocycles. The molecule has 0 saturated carbocycles. The number of benzene rings is 2. The van der Waals surface area contributed by atoms with E-state index in [0.29, 0.717) is 0 Å². The highest BCUT2D eigenvalue weighted by Gasteiger charge is 2.15. The van der Waals surface area contributed by atoms with Gasteiger partial charge in [-0.3, -0.25) is 4.90 Å². The Morgan fingerprint density at radius 3 is 2.38 bits per heavy atom. The number of nitrogens with one attached hydrogen (secondary N) is 1. The summed E-state index contributed by atoms with van der Waals surface area (Å²) in [5.41, 5.74) is 7.34. The molecule has 0 aliphatic carbocycles. The van der Waals surface area contributed by atoms with Crippen LogP contribution < -0.4 is 5.32 Å². The van der Waals surface area contributed by atoms with Crippen molar-refractivity contribution < 1.29 is 0 Å². The molecular weight excluding hydrogens is 256 g/mol. The second-order valence-electron chi connectivity index (χ2n) is 6.21. The Balaban J connectivity index is 1.46. The summed E-state index contributed by atoms with van der Waals surface area (Å²) in [6, 6.07) is 15.9. The number of hydrogen-bond acceptors (Lipinski definition) is 2. The monoisotopic (exact) mass is 278 g/mol. The lowest BCUT2D eigenvalue weighted by Gasteiger charge is -2.20. The molecule has 0 radical (unpaired) electrons. The minimum absolute atomic E-state index is 1.07. The molecule has 0 amide bonds. The van der Waals surface area contributed by atoms with Gasteiger partial charge in [0.25, 0.3) is 0 Å². The fourth-order valence-corrected chi connectivity index (χ4v) is 3.57. The van der Waals surface area contributed by atoms with Crippen LogP contribution in [0.5, 0.6) is 0 Å². The zero-order valence-electron chi connectivity index (χ0n) is 12.4. The van der Waals surface area contributed by atoms with Gasteiger partial charge in [0.15, 0.2) is 0 Å². The minimum Gasteiger partial charge on any atom is -0.384 e. The zero-order chi connectivity index (χ0) is 14.1. The molecule has 21 heavy (non-hydrogen) atoms. The van der Waals surface area contributed by atoms with E-state index in [1.807, 2.05) is 0 Å². The van der Waals surface area contributed by atoms with E-state index < -0.39 is 0 Å². The van der Waals surface area contributed by atoms with E-state index in [0.717, 1.165) is 13.1 Å². The molecule has 2 aromatic rings. The predicted octanol–water partition coefficient (Wildman–Crippen LogP) is 3.26. The van der Waals surface area contributed by atoms with Gasteiger partial charge >= 0.3 is 0 Å². The van der Waals surface area contributed by atoms with Crippen molar-refractivity contribution in [2.75, 3.05) is 25.0 Å². The molecule has 2 heteroatoms. The molecule has 2 aromatic carbocycles. The largest absolute Gasteiger partial charge is 0.384 e. The molecule has 108 valence electrons. The number of anilines is 1. The van der Waals surface area contributed by atoms with Crippen LogP contribution in [0.15, 0.2) is 42.5 Å². The molecule has 0 saturated heterocycles. The highest BCUT2D eigenvalue weighted by atomic mass is 15.1. The lowest BCUT2D eigenvalue weighted by molar-refractivity contribution is 0.279. The quantitative estimate of drug-likeness (QED) is 0.907. The molecular formula is C19H22N2. The number of hydrogen-bond donors (Lipinski definition) is 1. The first kappa shape index (κ1) is 12.9. The summed E-state index contributed by atoms with van der Waals surface area (Å²) in [6.45, 7) is 4.50. The summed E-state index contributed by atoms with van der Waals surface area (Å²) in [6.07, 6.45) is 3.54. The SMILES string of the molecule is c1ccc2c(c1)CCN(Cc1ccc3c(c1)NCC3)CC2. The molecule has 4 rings (SSSR count). The maximum absolute atomic E-state index is 3.49. The van der Waals surface area contributed by atoms with E-state index in [-0.39, 0.29) is 0 Å². The van der Waals surface area contributed by atoms with Gasteiger partial charge < -0.3 is 5.32 Å². The average molecular weight is 278 g/mol. The second-order valence-corrected chi connectivity index (χ2v) is 6.21. The third-order valence-corrected chi connectivity index (χ3v) is 4.80. The third-order valence-electron chi connectivity index (χ3n) is 4.80. The van der Waals surface area contributed by atoms with Crippen molar-refractivity contribution in [1.82, 2.24) is 4.90 Å². The smallest absolute Gasteiger partial charge is 0.0376 e. The van der Waals surface area contributed by atoms with Crippen LogP contribution in [0, 0.1) is 0 Å². The third kappa shape index (κ3) is 2.68. The van der Waals surface area contributed by atoms with E-state index in [4.69, 9.17) is 0 Å². The molecule has 1 N–H and O–H groups in total. The van der Waals surface area contributed by atoms with Crippen LogP contribution in [0.4, 0.5) is 5.69 Å². The molecule has 2 nitrogen and oxygen atoms in total. The Bertz CT molecular complexity index is 621. The number of nitrogens with zero attached hydrogens (tertiary/aromatic N) is 1. The number of fused-ring (bicyclic) bond motifs is 2. The van der Waals surface area contributed by atoms with Crippen molar-refractivity contribution in [2.45, 2.75) is 25.8 Å². The molecule has 0 unspecified atom stereocenters. The van der Waals surface area contributed by atoms with Gasteiger partial charge in [-0.2, -0.15) is 0 Å². The van der Waals surface area contributed by atoms with Gasteiger partial charge in [-0.1, -0.05) is 36.4 Å². The average Bonchev–Trinajstić information content (AvgIpc) is 2.89. The van der Waals surface area contributed by atoms with Crippen molar-refractivity contribution in [3.05, 3.63) is 64.7 Å². The first-order valence-corrected chi connectivity index (χ1v) is 8.03. The summed E-state index contributed by atoms with van der Waals surface area (Å²) in [7, 11) is 0. The Hall–Kier alpha value is -1.80. The maximum Gasteiger partial charge on any atom is 0.0376 e. The van der Waals surface area contributed by atoms with Crippen LogP contribution in [-0.2, 0) is 25.8 Å². The summed E-state index contributed by atoms with van der Waals surface area (Å²) >= 11 is 0. The van der Waals surface area contributed by atoms with E-state index in [1.165, 1.54) is 60.3 Å². The van der Waals surface area contributed by atoms with Gasteiger partial charge in [0, 0.05) is 31.9 Å². The first-order valence-electron chi connectivity index (χ1n) is 8.03. The van der Waals surface area contributed by atoms with Crippen molar-refractivity contribution in [3.63, 3.8) is 0 Å².